The van der Waals surface area contributed by atoms with Gasteiger partial charge in [-0.05, 0) is 24.5 Å². The van der Waals surface area contributed by atoms with E-state index in [1.54, 1.807) is 18.2 Å². The van der Waals surface area contributed by atoms with Crippen molar-refractivity contribution >= 4 is 21.8 Å². The summed E-state index contributed by atoms with van der Waals surface area (Å²) in [6.07, 6.45) is 5.64. The van der Waals surface area contributed by atoms with Gasteiger partial charge in [-0.25, -0.2) is 4.39 Å². The van der Waals surface area contributed by atoms with Crippen molar-refractivity contribution in [1.29, 1.82) is 0 Å². The van der Waals surface area contributed by atoms with Crippen LogP contribution in [0.25, 0.3) is 0 Å². The highest BCUT2D eigenvalue weighted by molar-refractivity contribution is 9.09. The van der Waals surface area contributed by atoms with Gasteiger partial charge in [-0.3, -0.25) is 4.79 Å². The SMILES string of the molecule is O=C(Cc1ccccc1F)NC1(CBr)CCCCC1. The van der Waals surface area contributed by atoms with Crippen molar-refractivity contribution in [3.63, 3.8) is 0 Å². The fourth-order valence-electron chi connectivity index (χ4n) is 2.68. The molecule has 1 aromatic rings. The highest BCUT2D eigenvalue weighted by atomic mass is 79.9. The van der Waals surface area contributed by atoms with Crippen LogP contribution < -0.4 is 5.32 Å². The molecule has 1 aliphatic rings. The van der Waals surface area contributed by atoms with Gasteiger partial charge in [0.1, 0.15) is 5.82 Å². The van der Waals surface area contributed by atoms with Crippen LogP contribution in [0.4, 0.5) is 4.39 Å². The van der Waals surface area contributed by atoms with Crippen LogP contribution in [0.3, 0.4) is 0 Å². The monoisotopic (exact) mass is 327 g/mol. The second-order valence-electron chi connectivity index (χ2n) is 5.29. The van der Waals surface area contributed by atoms with E-state index in [4.69, 9.17) is 0 Å². The van der Waals surface area contributed by atoms with Crippen molar-refractivity contribution in [3.05, 3.63) is 35.6 Å². The fraction of sp³-hybridized carbons (Fsp3) is 0.533. The number of carbonyl (C=O) groups excluding carboxylic acids is 1. The van der Waals surface area contributed by atoms with Crippen LogP contribution in [-0.2, 0) is 11.2 Å². The minimum atomic E-state index is -0.311. The molecule has 4 heteroatoms. The summed E-state index contributed by atoms with van der Waals surface area (Å²) in [5.74, 6) is -0.402. The molecule has 1 aliphatic carbocycles. The molecule has 2 nitrogen and oxygen atoms in total. The Morgan fingerprint density at radius 2 is 1.95 bits per heavy atom. The van der Waals surface area contributed by atoms with Crippen LogP contribution in [0, 0.1) is 5.82 Å². The van der Waals surface area contributed by atoms with Crippen molar-refractivity contribution in [2.24, 2.45) is 0 Å². The zero-order chi connectivity index (χ0) is 13.7. The normalized spacial score (nSPS) is 18.0. The van der Waals surface area contributed by atoms with Gasteiger partial charge >= 0.3 is 0 Å². The molecule has 104 valence electrons. The van der Waals surface area contributed by atoms with Crippen molar-refractivity contribution in [2.75, 3.05) is 5.33 Å². The van der Waals surface area contributed by atoms with E-state index in [0.717, 1.165) is 31.0 Å². The first kappa shape index (κ1) is 14.5. The predicted octanol–water partition coefficient (Wildman–Crippen LogP) is 3.58. The molecule has 0 bridgehead atoms. The molecule has 0 radical (unpaired) electrons. The molecule has 0 aromatic heterocycles. The second-order valence-corrected chi connectivity index (χ2v) is 5.85. The Labute approximate surface area is 121 Å². The maximum atomic E-state index is 13.5. The smallest absolute Gasteiger partial charge is 0.224 e. The molecule has 1 N–H and O–H groups in total. The summed E-state index contributed by atoms with van der Waals surface area (Å²) in [6.45, 7) is 0. The minimum absolute atomic E-state index is 0.0912. The van der Waals surface area contributed by atoms with E-state index in [-0.39, 0.29) is 23.7 Å². The Morgan fingerprint density at radius 3 is 2.58 bits per heavy atom. The molecule has 0 atom stereocenters. The Balaban J connectivity index is 1.98. The lowest BCUT2D eigenvalue weighted by Gasteiger charge is -2.36. The van der Waals surface area contributed by atoms with Gasteiger partial charge in [0, 0.05) is 10.9 Å². The molecular weight excluding hydrogens is 309 g/mol. The van der Waals surface area contributed by atoms with Gasteiger partial charge in [-0.2, -0.15) is 0 Å². The summed E-state index contributed by atoms with van der Waals surface area (Å²) in [7, 11) is 0. The van der Waals surface area contributed by atoms with Crippen LogP contribution >= 0.6 is 15.9 Å². The first-order chi connectivity index (χ1) is 9.15. The molecular formula is C15H19BrFNO. The molecule has 2 rings (SSSR count). The molecule has 0 spiro atoms. The third-order valence-electron chi connectivity index (χ3n) is 3.78. The minimum Gasteiger partial charge on any atom is -0.350 e. The van der Waals surface area contributed by atoms with Gasteiger partial charge in [-0.1, -0.05) is 53.4 Å². The number of halogens is 2. The molecule has 19 heavy (non-hydrogen) atoms. The van der Waals surface area contributed by atoms with Crippen molar-refractivity contribution in [2.45, 2.75) is 44.1 Å². The standard InChI is InChI=1S/C15H19BrFNO/c16-11-15(8-4-1-5-9-15)18-14(19)10-12-6-2-3-7-13(12)17/h2-3,6-7H,1,4-5,8-11H2,(H,18,19). The molecule has 0 unspecified atom stereocenters. The molecule has 1 amide bonds. The number of benzene rings is 1. The molecule has 1 saturated carbocycles. The van der Waals surface area contributed by atoms with E-state index in [1.807, 2.05) is 0 Å². The van der Waals surface area contributed by atoms with Gasteiger partial charge in [0.05, 0.1) is 6.42 Å². The zero-order valence-electron chi connectivity index (χ0n) is 10.9. The summed E-state index contributed by atoms with van der Waals surface area (Å²) >= 11 is 3.51. The number of amides is 1. The maximum Gasteiger partial charge on any atom is 0.224 e. The highest BCUT2D eigenvalue weighted by Gasteiger charge is 2.32. The van der Waals surface area contributed by atoms with E-state index in [0.29, 0.717) is 5.56 Å². The fourth-order valence-corrected chi connectivity index (χ4v) is 3.38. The summed E-state index contributed by atoms with van der Waals surface area (Å²) in [5, 5.41) is 3.87. The quantitative estimate of drug-likeness (QED) is 0.841. The van der Waals surface area contributed by atoms with Crippen LogP contribution in [0.15, 0.2) is 24.3 Å². The number of hydrogen-bond acceptors (Lipinski definition) is 1. The summed E-state index contributed by atoms with van der Waals surface area (Å²) in [5.41, 5.74) is 0.321. The Kier molecular flexibility index (Phi) is 4.97. The van der Waals surface area contributed by atoms with Crippen LogP contribution in [-0.4, -0.2) is 16.8 Å². The summed E-state index contributed by atoms with van der Waals surface area (Å²) < 4.78 is 13.5. The van der Waals surface area contributed by atoms with E-state index in [1.165, 1.54) is 12.5 Å². The summed E-state index contributed by atoms with van der Waals surface area (Å²) in [6, 6.07) is 6.45. The van der Waals surface area contributed by atoms with Gasteiger partial charge in [0.15, 0.2) is 0 Å². The van der Waals surface area contributed by atoms with E-state index in [2.05, 4.69) is 21.2 Å². The Morgan fingerprint density at radius 1 is 1.26 bits per heavy atom. The van der Waals surface area contributed by atoms with Crippen LogP contribution in [0.5, 0.6) is 0 Å². The Hall–Kier alpha value is -0.900. The van der Waals surface area contributed by atoms with Gasteiger partial charge in [-0.15, -0.1) is 0 Å². The lowest BCUT2D eigenvalue weighted by Crippen LogP contribution is -2.51. The number of hydrogen-bond donors (Lipinski definition) is 1. The molecule has 1 fully saturated rings. The topological polar surface area (TPSA) is 29.1 Å². The average Bonchev–Trinajstić information content (AvgIpc) is 2.42. The van der Waals surface area contributed by atoms with Gasteiger partial charge < -0.3 is 5.32 Å². The first-order valence-electron chi connectivity index (χ1n) is 6.76. The molecule has 0 aliphatic heterocycles. The third-order valence-corrected chi connectivity index (χ3v) is 4.85. The number of rotatable bonds is 4. The van der Waals surface area contributed by atoms with Crippen molar-refractivity contribution in [3.8, 4) is 0 Å². The van der Waals surface area contributed by atoms with E-state index >= 15 is 0 Å². The van der Waals surface area contributed by atoms with E-state index in [9.17, 15) is 9.18 Å². The van der Waals surface area contributed by atoms with E-state index < -0.39 is 0 Å². The first-order valence-corrected chi connectivity index (χ1v) is 7.88. The summed E-state index contributed by atoms with van der Waals surface area (Å²) in [4.78, 5) is 12.1. The van der Waals surface area contributed by atoms with Crippen LogP contribution in [0.2, 0.25) is 0 Å². The largest absolute Gasteiger partial charge is 0.350 e. The second kappa shape index (κ2) is 6.51. The maximum absolute atomic E-state index is 13.5. The number of nitrogens with one attached hydrogen (secondary N) is 1. The Bertz CT molecular complexity index is 444. The van der Waals surface area contributed by atoms with Crippen molar-refractivity contribution < 1.29 is 9.18 Å². The number of carbonyl (C=O) groups is 1. The molecule has 0 saturated heterocycles. The van der Waals surface area contributed by atoms with Gasteiger partial charge in [0.25, 0.3) is 0 Å². The number of alkyl halides is 1. The third kappa shape index (κ3) is 3.78. The zero-order valence-corrected chi connectivity index (χ0v) is 12.5. The predicted molar refractivity (Wildman–Crippen MR) is 77.9 cm³/mol. The van der Waals surface area contributed by atoms with Gasteiger partial charge in [0.2, 0.25) is 5.91 Å². The lowest BCUT2D eigenvalue weighted by molar-refractivity contribution is -0.122. The van der Waals surface area contributed by atoms with Crippen LogP contribution in [0.1, 0.15) is 37.7 Å². The highest BCUT2D eigenvalue weighted by Crippen LogP contribution is 2.29. The lowest BCUT2D eigenvalue weighted by atomic mass is 9.83. The van der Waals surface area contributed by atoms with Crippen molar-refractivity contribution in [1.82, 2.24) is 5.32 Å². The molecule has 0 heterocycles. The molecule has 1 aromatic carbocycles. The average molecular weight is 328 g/mol.